The lowest BCUT2D eigenvalue weighted by Crippen LogP contribution is -2.16. The standard InChI is InChI=1S/C136H82N6O4/c1-135(2)117-38-18-16-32-95(117)105-72-109-115-68-86(85-65-110-92-30-12-14-35-101(92)132(144)139-121-40-20-17-33-96(121)112(66-85)128(110)139)67-113-103-60-80(47-56-102(103)133(145)141(130(113)115)125(109)73-119(105)135)83-46-55-97-106-61-82(48-57-122(106)138(124(97)69-83)87-27-9-6-10-28-87)84-63-111-93-54-45-81(62-116(93)134(146)142-126-74-120-104(71-108(126)114(64-84)129(111)142)94-31-15-19-39-118(94)136(120,3)4)79-26-21-25-78(59-79)77-43-51-89(52-44-77)137(88-49-41-76(42-50-88)75-23-7-5-8-24-75)90-53-58-123-107(70-90)99-37-22-36-98-91-29-11-13-34-100(91)131(143)140(123)127(98)99/h5-74H,1-4H3. The molecule has 9 heterocycles. The van der Waals surface area contributed by atoms with Gasteiger partial charge in [0.1, 0.15) is 0 Å². The highest BCUT2D eigenvalue weighted by molar-refractivity contribution is 6.28. The predicted molar refractivity (Wildman–Crippen MR) is 607 cm³/mol. The van der Waals surface area contributed by atoms with E-state index in [4.69, 9.17) is 0 Å². The number of anilines is 3. The van der Waals surface area contributed by atoms with Crippen molar-refractivity contribution in [3.05, 3.63) is 488 Å². The highest BCUT2D eigenvalue weighted by Gasteiger charge is 2.40. The molecule has 0 amide bonds. The molecule has 0 radical (unpaired) electrons. The Kier molecular flexibility index (Phi) is 16.0. The third-order valence-corrected chi connectivity index (χ3v) is 33.4. The molecule has 0 saturated carbocycles. The molecule has 10 nitrogen and oxygen atoms in total. The molecule has 0 saturated heterocycles. The van der Waals surface area contributed by atoms with E-state index in [9.17, 15) is 9.59 Å². The van der Waals surface area contributed by atoms with E-state index in [0.29, 0.717) is 21.5 Å². The summed E-state index contributed by atoms with van der Waals surface area (Å²) in [6, 6.07) is 152. The molecule has 0 atom stereocenters. The van der Waals surface area contributed by atoms with Crippen molar-refractivity contribution in [3.8, 4) is 94.7 Å². The van der Waals surface area contributed by atoms with Crippen molar-refractivity contribution < 1.29 is 0 Å². The first-order valence-electron chi connectivity index (χ1n) is 50.2. The van der Waals surface area contributed by atoms with Crippen LogP contribution in [0.2, 0.25) is 0 Å². The third-order valence-electron chi connectivity index (χ3n) is 33.4. The number of pyridine rings is 4. The van der Waals surface area contributed by atoms with Gasteiger partial charge in [-0.1, -0.05) is 276 Å². The molecule has 680 valence electrons. The van der Waals surface area contributed by atoms with E-state index >= 15 is 9.59 Å². The van der Waals surface area contributed by atoms with Crippen LogP contribution in [0.5, 0.6) is 0 Å². The lowest BCUT2D eigenvalue weighted by molar-refractivity contribution is 0.661. The number of fused-ring (bicyclic) bond motifs is 29. The minimum atomic E-state index is -0.329. The van der Waals surface area contributed by atoms with Gasteiger partial charge >= 0.3 is 0 Å². The second-order valence-electron chi connectivity index (χ2n) is 41.5. The van der Waals surface area contributed by atoms with E-state index in [1.165, 1.54) is 44.5 Å². The molecule has 0 spiro atoms. The van der Waals surface area contributed by atoms with Gasteiger partial charge in [0, 0.05) is 131 Å². The molecule has 32 rings (SSSR count). The summed E-state index contributed by atoms with van der Waals surface area (Å²) in [5.41, 5.74) is 34.5. The van der Waals surface area contributed by atoms with E-state index in [2.05, 4.69) is 413 Å². The Morgan fingerprint density at radius 2 is 0.493 bits per heavy atom. The third kappa shape index (κ3) is 10.9. The highest BCUT2D eigenvalue weighted by atomic mass is 16.1. The molecule has 0 fully saturated rings. The van der Waals surface area contributed by atoms with Crippen LogP contribution in [0.25, 0.3) is 268 Å². The minimum absolute atomic E-state index is 0.0223. The fraction of sp³-hybridized carbons (Fsp3) is 0.0441. The maximum Gasteiger partial charge on any atom is 0.263 e. The predicted octanol–water partition coefficient (Wildman–Crippen LogP) is 32.9. The molecule has 0 bridgehead atoms. The lowest BCUT2D eigenvalue weighted by Gasteiger charge is -2.26. The van der Waals surface area contributed by atoms with Crippen LogP contribution >= 0.6 is 0 Å². The average molecular weight is 1860 g/mol. The molecule has 2 aliphatic carbocycles. The zero-order valence-electron chi connectivity index (χ0n) is 79.7. The average Bonchev–Trinajstić information content (AvgIpc) is 1.53. The number of para-hydroxylation sites is 3. The maximum absolute atomic E-state index is 16.3. The van der Waals surface area contributed by atoms with Gasteiger partial charge in [0.2, 0.25) is 0 Å². The minimum Gasteiger partial charge on any atom is -0.310 e. The van der Waals surface area contributed by atoms with Crippen molar-refractivity contribution in [1.82, 2.24) is 22.2 Å². The first kappa shape index (κ1) is 80.9. The molecule has 0 aliphatic heterocycles. The Bertz CT molecular complexity index is 11400. The molecule has 30 aromatic rings. The van der Waals surface area contributed by atoms with Gasteiger partial charge in [0.05, 0.1) is 55.2 Å². The normalized spacial score (nSPS) is 13.4. The summed E-state index contributed by atoms with van der Waals surface area (Å²) >= 11 is 0. The van der Waals surface area contributed by atoms with Crippen LogP contribution < -0.4 is 27.1 Å². The number of nitrogens with zero attached hydrogens (tertiary/aromatic N) is 6. The summed E-state index contributed by atoms with van der Waals surface area (Å²) in [7, 11) is 0. The van der Waals surface area contributed by atoms with Crippen molar-refractivity contribution in [2.45, 2.75) is 38.5 Å². The molecule has 10 heteroatoms. The Morgan fingerprint density at radius 1 is 0.171 bits per heavy atom. The number of aromatic nitrogens is 5. The van der Waals surface area contributed by atoms with Gasteiger partial charge in [-0.05, 0) is 309 Å². The van der Waals surface area contributed by atoms with Crippen molar-refractivity contribution in [3.63, 3.8) is 0 Å². The molecule has 9 aromatic heterocycles. The summed E-state index contributed by atoms with van der Waals surface area (Å²) < 4.78 is 10.3. The first-order valence-corrected chi connectivity index (χ1v) is 50.2. The van der Waals surface area contributed by atoms with E-state index in [0.717, 1.165) is 242 Å². The Hall–Kier alpha value is -18.9. The number of hydrogen-bond donors (Lipinski definition) is 0. The van der Waals surface area contributed by atoms with Crippen LogP contribution in [-0.2, 0) is 10.8 Å². The molecule has 146 heavy (non-hydrogen) atoms. The smallest absolute Gasteiger partial charge is 0.263 e. The van der Waals surface area contributed by atoms with Crippen LogP contribution in [-0.4, -0.2) is 22.2 Å². The van der Waals surface area contributed by atoms with Crippen LogP contribution in [0.15, 0.2) is 444 Å². The van der Waals surface area contributed by atoms with E-state index in [-0.39, 0.29) is 33.1 Å². The van der Waals surface area contributed by atoms with Crippen molar-refractivity contribution in [1.29, 1.82) is 0 Å². The van der Waals surface area contributed by atoms with Gasteiger partial charge in [-0.2, -0.15) is 0 Å². The zero-order valence-corrected chi connectivity index (χ0v) is 79.7. The summed E-state index contributed by atoms with van der Waals surface area (Å²) in [5.74, 6) is 0. The molecule has 0 unspecified atom stereocenters. The SMILES string of the molecule is CC1(C)c2ccccc2-c2cc3c4cc(-c5ccc6c(c5)c5ccc(-c7ccc8c(=O)n9c%10cc%11c(cc%10c%10cc(-c%12cc%13c%14ccccc%14c(=O)n%14c%15ccccc%15c(c%12)c%13%14)cc(c8c7)c%109)-c7ccccc7C%11(C)C)cc5n6-c5ccccc5)cc5c6ccc(-c7cccc(-c8ccc(N(c9ccc(-c%10ccccc%10)cc9)c9ccc%10c(c9)c9cccc%11c%12ccccc%12c(=O)n%10c%119)cc8)c7)cc6c(=O)n(c3cc21)c54. The van der Waals surface area contributed by atoms with Gasteiger partial charge in [-0.3, -0.25) is 36.8 Å². The second kappa shape index (κ2) is 28.9. The van der Waals surface area contributed by atoms with E-state index in [1.807, 2.05) is 66.1 Å². The summed E-state index contributed by atoms with van der Waals surface area (Å²) in [6.45, 7) is 9.23. The van der Waals surface area contributed by atoms with Gasteiger partial charge in [-0.15, -0.1) is 0 Å². The number of rotatable bonds is 10. The zero-order chi connectivity index (χ0) is 96.6. The first-order chi connectivity index (χ1) is 71.6. The van der Waals surface area contributed by atoms with Crippen molar-refractivity contribution in [2.24, 2.45) is 0 Å². The molecular weight excluding hydrogens is 1780 g/mol. The summed E-state index contributed by atoms with van der Waals surface area (Å²) in [4.78, 5) is 63.9. The van der Waals surface area contributed by atoms with Crippen LogP contribution in [0.4, 0.5) is 17.1 Å². The quantitative estimate of drug-likeness (QED) is 0.127. The summed E-state index contributed by atoms with van der Waals surface area (Å²) in [6.07, 6.45) is 0. The number of hydrogen-bond acceptors (Lipinski definition) is 5. The van der Waals surface area contributed by atoms with Crippen LogP contribution in [0.1, 0.15) is 49.9 Å². The highest BCUT2D eigenvalue weighted by Crippen LogP contribution is 2.56. The molecule has 0 N–H and O–H groups in total. The largest absolute Gasteiger partial charge is 0.310 e. The fourth-order valence-electron chi connectivity index (χ4n) is 26.5. The fourth-order valence-corrected chi connectivity index (χ4v) is 26.5. The van der Waals surface area contributed by atoms with Gasteiger partial charge in [0.15, 0.2) is 0 Å². The van der Waals surface area contributed by atoms with Gasteiger partial charge in [-0.25, -0.2) is 0 Å². The van der Waals surface area contributed by atoms with E-state index in [1.54, 1.807) is 0 Å². The molecule has 2 aliphatic rings. The Labute approximate surface area is 833 Å². The Morgan fingerprint density at radius 3 is 1.09 bits per heavy atom. The van der Waals surface area contributed by atoms with Gasteiger partial charge < -0.3 is 9.47 Å². The lowest BCUT2D eigenvalue weighted by atomic mass is 9.82. The van der Waals surface area contributed by atoms with Gasteiger partial charge in [0.25, 0.3) is 22.2 Å². The van der Waals surface area contributed by atoms with Crippen LogP contribution in [0.3, 0.4) is 0 Å². The molecular formula is C136H82N6O4. The van der Waals surface area contributed by atoms with Crippen LogP contribution in [0, 0.1) is 0 Å². The van der Waals surface area contributed by atoms with E-state index < -0.39 is 0 Å². The second-order valence-corrected chi connectivity index (χ2v) is 41.5. The monoisotopic (exact) mass is 1860 g/mol. The Balaban J connectivity index is 0.538. The molecule has 21 aromatic carbocycles. The van der Waals surface area contributed by atoms with Crippen molar-refractivity contribution >= 4 is 191 Å². The summed E-state index contributed by atoms with van der Waals surface area (Å²) in [5, 5.41) is 20.6. The van der Waals surface area contributed by atoms with Crippen molar-refractivity contribution in [2.75, 3.05) is 4.90 Å². The number of benzene rings is 21. The maximum atomic E-state index is 16.3. The topological polar surface area (TPSA) is 94.1 Å².